The molecule has 2 aromatic rings. The minimum atomic E-state index is -0.956. The number of pyridine rings is 1. The van der Waals surface area contributed by atoms with Crippen molar-refractivity contribution < 1.29 is 14.3 Å². The van der Waals surface area contributed by atoms with Crippen LogP contribution in [0.3, 0.4) is 0 Å². The van der Waals surface area contributed by atoms with Gasteiger partial charge in [-0.05, 0) is 18.6 Å². The van der Waals surface area contributed by atoms with Crippen LogP contribution in [0.2, 0.25) is 0 Å². The summed E-state index contributed by atoms with van der Waals surface area (Å²) >= 11 is 0. The molecule has 6 nitrogen and oxygen atoms in total. The quantitative estimate of drug-likeness (QED) is 0.814. The fraction of sp³-hybridized carbons (Fsp3) is 0.400. The van der Waals surface area contributed by atoms with E-state index in [2.05, 4.69) is 15.3 Å². The molecule has 0 saturated carbocycles. The monoisotopic (exact) mass is 289 g/mol. The SMILES string of the molecule is CCCc1cc(C(=O)O)cc(NCc2ncc(CC)o2)n1. The fourth-order valence-corrected chi connectivity index (χ4v) is 1.95. The van der Waals surface area contributed by atoms with Crippen LogP contribution in [0.5, 0.6) is 0 Å². The van der Waals surface area contributed by atoms with Crippen molar-refractivity contribution in [3.8, 4) is 0 Å². The molecule has 0 aromatic carbocycles. The van der Waals surface area contributed by atoms with Gasteiger partial charge in [0.05, 0.1) is 18.3 Å². The van der Waals surface area contributed by atoms with E-state index in [0.29, 0.717) is 18.3 Å². The van der Waals surface area contributed by atoms with Crippen molar-refractivity contribution in [1.82, 2.24) is 9.97 Å². The number of nitrogens with zero attached hydrogens (tertiary/aromatic N) is 2. The van der Waals surface area contributed by atoms with Crippen LogP contribution < -0.4 is 5.32 Å². The first kappa shape index (κ1) is 15.0. The van der Waals surface area contributed by atoms with E-state index in [4.69, 9.17) is 9.52 Å². The Morgan fingerprint density at radius 1 is 1.38 bits per heavy atom. The van der Waals surface area contributed by atoms with Crippen LogP contribution in [0.1, 0.15) is 48.0 Å². The van der Waals surface area contributed by atoms with Crippen molar-refractivity contribution in [2.45, 2.75) is 39.7 Å². The molecule has 0 unspecified atom stereocenters. The van der Waals surface area contributed by atoms with Crippen LogP contribution in [0, 0.1) is 0 Å². The summed E-state index contributed by atoms with van der Waals surface area (Å²) in [4.78, 5) is 19.7. The van der Waals surface area contributed by atoms with E-state index in [1.165, 1.54) is 6.07 Å². The zero-order valence-electron chi connectivity index (χ0n) is 12.2. The Morgan fingerprint density at radius 3 is 2.81 bits per heavy atom. The van der Waals surface area contributed by atoms with E-state index in [1.54, 1.807) is 12.3 Å². The van der Waals surface area contributed by atoms with E-state index >= 15 is 0 Å². The van der Waals surface area contributed by atoms with Crippen LogP contribution in [0.25, 0.3) is 0 Å². The predicted octanol–water partition coefficient (Wildman–Crippen LogP) is 2.89. The van der Waals surface area contributed by atoms with Crippen molar-refractivity contribution in [2.75, 3.05) is 5.32 Å². The maximum absolute atomic E-state index is 11.1. The Balaban J connectivity index is 2.12. The lowest BCUT2D eigenvalue weighted by Gasteiger charge is -2.07. The van der Waals surface area contributed by atoms with Crippen LogP contribution >= 0.6 is 0 Å². The highest BCUT2D eigenvalue weighted by Crippen LogP contribution is 2.14. The Labute approximate surface area is 123 Å². The smallest absolute Gasteiger partial charge is 0.335 e. The summed E-state index contributed by atoms with van der Waals surface area (Å²) in [5, 5.41) is 12.2. The van der Waals surface area contributed by atoms with E-state index in [9.17, 15) is 4.79 Å². The summed E-state index contributed by atoms with van der Waals surface area (Å²) < 4.78 is 5.49. The molecule has 0 amide bonds. The molecule has 0 radical (unpaired) electrons. The summed E-state index contributed by atoms with van der Waals surface area (Å²) in [6.07, 6.45) is 4.14. The molecular formula is C15H19N3O3. The molecule has 2 N–H and O–H groups in total. The average molecular weight is 289 g/mol. The second-order valence-electron chi connectivity index (χ2n) is 4.71. The number of aryl methyl sites for hydroxylation is 2. The van der Waals surface area contributed by atoms with Crippen LogP contribution in [-0.2, 0) is 19.4 Å². The molecule has 0 bridgehead atoms. The Morgan fingerprint density at radius 2 is 2.19 bits per heavy atom. The molecule has 0 fully saturated rings. The summed E-state index contributed by atoms with van der Waals surface area (Å²) in [7, 11) is 0. The highest BCUT2D eigenvalue weighted by Gasteiger charge is 2.09. The number of aromatic carboxylic acids is 1. The van der Waals surface area contributed by atoms with E-state index in [1.807, 2.05) is 13.8 Å². The lowest BCUT2D eigenvalue weighted by atomic mass is 10.1. The number of oxazole rings is 1. The number of hydrogen-bond donors (Lipinski definition) is 2. The van der Waals surface area contributed by atoms with E-state index in [-0.39, 0.29) is 5.56 Å². The fourth-order valence-electron chi connectivity index (χ4n) is 1.95. The van der Waals surface area contributed by atoms with Gasteiger partial charge in [0.15, 0.2) is 0 Å². The molecule has 2 aromatic heterocycles. The van der Waals surface area contributed by atoms with Gasteiger partial charge in [0.1, 0.15) is 11.6 Å². The topological polar surface area (TPSA) is 88.2 Å². The number of carboxylic acid groups (broad SMARTS) is 1. The maximum Gasteiger partial charge on any atom is 0.335 e. The number of anilines is 1. The van der Waals surface area contributed by atoms with Gasteiger partial charge in [-0.2, -0.15) is 0 Å². The summed E-state index contributed by atoms with van der Waals surface area (Å²) in [5.41, 5.74) is 0.999. The Kier molecular flexibility index (Phi) is 4.92. The van der Waals surface area contributed by atoms with Crippen molar-refractivity contribution in [2.24, 2.45) is 0 Å². The number of carbonyl (C=O) groups is 1. The van der Waals surface area contributed by atoms with Crippen molar-refractivity contribution in [3.05, 3.63) is 41.2 Å². The van der Waals surface area contributed by atoms with Gasteiger partial charge in [-0.15, -0.1) is 0 Å². The molecule has 6 heteroatoms. The standard InChI is InChI=1S/C15H19N3O3/c1-3-5-11-6-10(15(19)20)7-13(18-11)16-9-14-17-8-12(4-2)21-14/h6-8H,3-5,9H2,1-2H3,(H,16,18)(H,19,20). The van der Waals surface area contributed by atoms with Gasteiger partial charge in [-0.25, -0.2) is 14.8 Å². The third-order valence-electron chi connectivity index (χ3n) is 3.00. The average Bonchev–Trinajstić information content (AvgIpc) is 2.93. The number of nitrogens with one attached hydrogen (secondary N) is 1. The largest absolute Gasteiger partial charge is 0.478 e. The highest BCUT2D eigenvalue weighted by molar-refractivity contribution is 5.88. The molecule has 0 aliphatic heterocycles. The zero-order chi connectivity index (χ0) is 15.2. The molecule has 112 valence electrons. The predicted molar refractivity (Wildman–Crippen MR) is 78.4 cm³/mol. The van der Waals surface area contributed by atoms with E-state index in [0.717, 1.165) is 30.7 Å². The minimum Gasteiger partial charge on any atom is -0.478 e. The molecule has 0 aliphatic rings. The summed E-state index contributed by atoms with van der Waals surface area (Å²) in [6.45, 7) is 4.40. The van der Waals surface area contributed by atoms with Crippen LogP contribution in [0.15, 0.2) is 22.7 Å². The van der Waals surface area contributed by atoms with E-state index < -0.39 is 5.97 Å². The maximum atomic E-state index is 11.1. The minimum absolute atomic E-state index is 0.234. The summed E-state index contributed by atoms with van der Waals surface area (Å²) in [5.74, 6) is 0.953. The molecule has 0 spiro atoms. The lowest BCUT2D eigenvalue weighted by molar-refractivity contribution is 0.0696. The van der Waals surface area contributed by atoms with Gasteiger partial charge in [0.2, 0.25) is 5.89 Å². The first-order chi connectivity index (χ1) is 10.1. The number of aromatic nitrogens is 2. The molecule has 2 heterocycles. The third-order valence-corrected chi connectivity index (χ3v) is 3.00. The zero-order valence-corrected chi connectivity index (χ0v) is 12.2. The number of carboxylic acids is 1. The molecule has 0 saturated heterocycles. The van der Waals surface area contributed by atoms with Crippen molar-refractivity contribution in [1.29, 1.82) is 0 Å². The van der Waals surface area contributed by atoms with Crippen LogP contribution in [-0.4, -0.2) is 21.0 Å². The number of hydrogen-bond acceptors (Lipinski definition) is 5. The van der Waals surface area contributed by atoms with Crippen molar-refractivity contribution in [3.63, 3.8) is 0 Å². The molecular weight excluding hydrogens is 270 g/mol. The summed E-state index contributed by atoms with van der Waals surface area (Å²) in [6, 6.07) is 3.13. The van der Waals surface area contributed by atoms with Gasteiger partial charge in [0.25, 0.3) is 0 Å². The molecule has 0 aliphatic carbocycles. The Hall–Kier alpha value is -2.37. The third kappa shape index (κ3) is 4.05. The van der Waals surface area contributed by atoms with Gasteiger partial charge < -0.3 is 14.8 Å². The van der Waals surface area contributed by atoms with Gasteiger partial charge in [-0.1, -0.05) is 20.3 Å². The Bertz CT molecular complexity index is 622. The molecule has 2 rings (SSSR count). The second kappa shape index (κ2) is 6.88. The molecule has 0 atom stereocenters. The van der Waals surface area contributed by atoms with Gasteiger partial charge in [-0.3, -0.25) is 0 Å². The first-order valence-electron chi connectivity index (χ1n) is 7.04. The van der Waals surface area contributed by atoms with Gasteiger partial charge in [0, 0.05) is 12.1 Å². The van der Waals surface area contributed by atoms with Gasteiger partial charge >= 0.3 is 5.97 Å². The first-order valence-corrected chi connectivity index (χ1v) is 7.04. The normalized spacial score (nSPS) is 10.6. The molecule has 21 heavy (non-hydrogen) atoms. The van der Waals surface area contributed by atoms with Crippen molar-refractivity contribution >= 4 is 11.8 Å². The lowest BCUT2D eigenvalue weighted by Crippen LogP contribution is -2.06. The number of rotatable bonds is 7. The van der Waals surface area contributed by atoms with Crippen LogP contribution in [0.4, 0.5) is 5.82 Å². The highest BCUT2D eigenvalue weighted by atomic mass is 16.4. The second-order valence-corrected chi connectivity index (χ2v) is 4.71.